The molecule has 0 aliphatic carbocycles. The lowest BCUT2D eigenvalue weighted by Gasteiger charge is -2.17. The first-order valence-corrected chi connectivity index (χ1v) is 10.1. The molecule has 2 aromatic carbocycles. The first kappa shape index (κ1) is 20.8. The SMILES string of the molecule is Cc1nnnn1-c1cc(NC(=O)CN(C)S(=O)(=O)c2ccc(Cl)cc2)ccc1F. The maximum atomic E-state index is 14.1. The molecule has 1 heterocycles. The van der Waals surface area contributed by atoms with Gasteiger partial charge in [0.2, 0.25) is 15.9 Å². The fraction of sp³-hybridized carbons (Fsp3) is 0.176. The molecule has 152 valence electrons. The van der Waals surface area contributed by atoms with Crippen molar-refractivity contribution in [2.45, 2.75) is 11.8 Å². The molecule has 0 unspecified atom stereocenters. The minimum Gasteiger partial charge on any atom is -0.325 e. The Morgan fingerprint density at radius 3 is 2.55 bits per heavy atom. The molecule has 0 bridgehead atoms. The maximum Gasteiger partial charge on any atom is 0.243 e. The lowest BCUT2D eigenvalue weighted by Crippen LogP contribution is -2.35. The summed E-state index contributed by atoms with van der Waals surface area (Å²) in [5.74, 6) is -0.821. The number of rotatable bonds is 6. The van der Waals surface area contributed by atoms with Crippen LogP contribution in [0.5, 0.6) is 0 Å². The van der Waals surface area contributed by atoms with Crippen LogP contribution in [0.1, 0.15) is 5.82 Å². The molecule has 0 aliphatic heterocycles. The average molecular weight is 439 g/mol. The van der Waals surface area contributed by atoms with E-state index in [0.717, 1.165) is 10.4 Å². The molecule has 0 saturated heterocycles. The zero-order chi connectivity index (χ0) is 21.2. The van der Waals surface area contributed by atoms with E-state index in [1.54, 1.807) is 6.92 Å². The van der Waals surface area contributed by atoms with Crippen molar-refractivity contribution in [3.63, 3.8) is 0 Å². The van der Waals surface area contributed by atoms with E-state index < -0.39 is 28.3 Å². The van der Waals surface area contributed by atoms with Crippen LogP contribution in [0.3, 0.4) is 0 Å². The quantitative estimate of drug-likeness (QED) is 0.630. The minimum absolute atomic E-state index is 0.00965. The Morgan fingerprint density at radius 1 is 1.24 bits per heavy atom. The largest absolute Gasteiger partial charge is 0.325 e. The Kier molecular flexibility index (Phi) is 5.91. The summed E-state index contributed by atoms with van der Waals surface area (Å²) < 4.78 is 41.3. The van der Waals surface area contributed by atoms with Gasteiger partial charge in [-0.2, -0.15) is 8.99 Å². The summed E-state index contributed by atoms with van der Waals surface area (Å²) in [6.45, 7) is 1.16. The average Bonchev–Trinajstić information content (AvgIpc) is 3.09. The summed E-state index contributed by atoms with van der Waals surface area (Å²) in [6.07, 6.45) is 0. The molecule has 3 aromatic rings. The van der Waals surface area contributed by atoms with Gasteiger partial charge < -0.3 is 5.32 Å². The van der Waals surface area contributed by atoms with Crippen LogP contribution in [0.2, 0.25) is 5.02 Å². The molecule has 0 spiro atoms. The number of nitrogens with one attached hydrogen (secondary N) is 1. The number of tetrazole rings is 1. The maximum absolute atomic E-state index is 14.1. The van der Waals surface area contributed by atoms with E-state index in [1.807, 2.05) is 0 Å². The van der Waals surface area contributed by atoms with Gasteiger partial charge in [-0.1, -0.05) is 11.6 Å². The standard InChI is InChI=1S/C17H16ClFN6O3S/c1-11-21-22-23-25(11)16-9-13(5-8-15(16)19)20-17(26)10-24(2)29(27,28)14-6-3-12(18)4-7-14/h3-9H,10H2,1-2H3,(H,20,26). The molecule has 29 heavy (non-hydrogen) atoms. The van der Waals surface area contributed by atoms with Gasteiger partial charge in [-0.25, -0.2) is 12.8 Å². The van der Waals surface area contributed by atoms with Gasteiger partial charge in [0.1, 0.15) is 11.5 Å². The van der Waals surface area contributed by atoms with Crippen LogP contribution >= 0.6 is 11.6 Å². The normalized spacial score (nSPS) is 11.6. The number of amides is 1. The molecule has 9 nitrogen and oxygen atoms in total. The lowest BCUT2D eigenvalue weighted by molar-refractivity contribution is -0.116. The van der Waals surface area contributed by atoms with E-state index >= 15 is 0 Å². The first-order chi connectivity index (χ1) is 13.7. The predicted octanol–water partition coefficient (Wildman–Crippen LogP) is 2.02. The number of hydrogen-bond acceptors (Lipinski definition) is 6. The van der Waals surface area contributed by atoms with E-state index in [4.69, 9.17) is 11.6 Å². The van der Waals surface area contributed by atoms with Gasteiger partial charge in [-0.3, -0.25) is 4.79 Å². The zero-order valence-electron chi connectivity index (χ0n) is 15.4. The lowest BCUT2D eigenvalue weighted by atomic mass is 10.2. The molecule has 0 radical (unpaired) electrons. The molecule has 0 fully saturated rings. The van der Waals surface area contributed by atoms with Crippen LogP contribution in [-0.4, -0.2) is 52.4 Å². The fourth-order valence-corrected chi connectivity index (χ4v) is 3.73. The molecule has 0 atom stereocenters. The van der Waals surface area contributed by atoms with E-state index in [-0.39, 0.29) is 16.3 Å². The molecular formula is C17H16ClFN6O3S. The van der Waals surface area contributed by atoms with Crippen LogP contribution in [0.4, 0.5) is 10.1 Å². The van der Waals surface area contributed by atoms with E-state index in [1.165, 1.54) is 48.1 Å². The molecule has 1 aromatic heterocycles. The molecule has 3 rings (SSSR count). The van der Waals surface area contributed by atoms with Gasteiger partial charge in [-0.15, -0.1) is 5.10 Å². The number of aryl methyl sites for hydroxylation is 1. The van der Waals surface area contributed by atoms with Gasteiger partial charge >= 0.3 is 0 Å². The molecule has 0 aliphatic rings. The predicted molar refractivity (Wildman–Crippen MR) is 104 cm³/mol. The summed E-state index contributed by atoms with van der Waals surface area (Å²) in [5, 5.41) is 13.8. The van der Waals surface area contributed by atoms with Crippen molar-refractivity contribution in [2.75, 3.05) is 18.9 Å². The number of sulfonamides is 1. The Labute approximate surface area is 171 Å². The smallest absolute Gasteiger partial charge is 0.243 e. The molecule has 12 heteroatoms. The first-order valence-electron chi connectivity index (χ1n) is 8.25. The number of halogens is 2. The zero-order valence-corrected chi connectivity index (χ0v) is 16.9. The highest BCUT2D eigenvalue weighted by Crippen LogP contribution is 2.20. The van der Waals surface area contributed by atoms with Crippen LogP contribution in [-0.2, 0) is 14.8 Å². The number of hydrogen-bond donors (Lipinski definition) is 1. The molecular weight excluding hydrogens is 423 g/mol. The molecule has 1 amide bonds. The third-order valence-corrected chi connectivity index (χ3v) is 6.04. The third kappa shape index (κ3) is 4.58. The summed E-state index contributed by atoms with van der Waals surface area (Å²) in [6, 6.07) is 9.46. The number of benzene rings is 2. The summed E-state index contributed by atoms with van der Waals surface area (Å²) in [5.41, 5.74) is 0.311. The Hall–Kier alpha value is -2.89. The topological polar surface area (TPSA) is 110 Å². The number of nitrogens with zero attached hydrogens (tertiary/aromatic N) is 5. The van der Waals surface area contributed by atoms with Gasteiger partial charge in [0.25, 0.3) is 0 Å². The van der Waals surface area contributed by atoms with Crippen molar-refractivity contribution >= 4 is 33.2 Å². The number of likely N-dealkylation sites (N-methyl/N-ethyl adjacent to an activating group) is 1. The van der Waals surface area contributed by atoms with Crippen molar-refractivity contribution in [1.82, 2.24) is 24.5 Å². The van der Waals surface area contributed by atoms with E-state index in [0.29, 0.717) is 10.8 Å². The highest BCUT2D eigenvalue weighted by atomic mass is 35.5. The number of carbonyl (C=O) groups excluding carboxylic acids is 1. The van der Waals surface area contributed by atoms with Crippen LogP contribution in [0, 0.1) is 12.7 Å². The highest BCUT2D eigenvalue weighted by molar-refractivity contribution is 7.89. The van der Waals surface area contributed by atoms with Gasteiger partial charge in [0.15, 0.2) is 5.82 Å². The van der Waals surface area contributed by atoms with Gasteiger partial charge in [0.05, 0.1) is 11.4 Å². The van der Waals surface area contributed by atoms with E-state index in [2.05, 4.69) is 20.8 Å². The summed E-state index contributed by atoms with van der Waals surface area (Å²) in [4.78, 5) is 12.3. The van der Waals surface area contributed by atoms with Crippen molar-refractivity contribution < 1.29 is 17.6 Å². The number of anilines is 1. The van der Waals surface area contributed by atoms with Crippen molar-refractivity contribution in [3.8, 4) is 5.69 Å². The Morgan fingerprint density at radius 2 is 1.93 bits per heavy atom. The van der Waals surface area contributed by atoms with E-state index in [9.17, 15) is 17.6 Å². The second-order valence-electron chi connectivity index (χ2n) is 6.07. The monoisotopic (exact) mass is 438 g/mol. The van der Waals surface area contributed by atoms with Gasteiger partial charge in [-0.05, 0) is 59.8 Å². The molecule has 0 saturated carbocycles. The fourth-order valence-electron chi connectivity index (χ4n) is 2.48. The van der Waals surface area contributed by atoms with Gasteiger partial charge in [0, 0.05) is 17.8 Å². The number of aromatic nitrogens is 4. The third-order valence-electron chi connectivity index (χ3n) is 3.97. The Balaban J connectivity index is 1.74. The summed E-state index contributed by atoms with van der Waals surface area (Å²) in [7, 11) is -2.59. The number of carbonyl (C=O) groups is 1. The Bertz CT molecular complexity index is 1150. The molecule has 1 N–H and O–H groups in total. The van der Waals surface area contributed by atoms with Crippen molar-refractivity contribution in [2.24, 2.45) is 0 Å². The van der Waals surface area contributed by atoms with Crippen molar-refractivity contribution in [1.29, 1.82) is 0 Å². The van der Waals surface area contributed by atoms with Crippen molar-refractivity contribution in [3.05, 3.63) is 59.1 Å². The van der Waals surface area contributed by atoms with Crippen LogP contribution in [0.25, 0.3) is 5.69 Å². The second-order valence-corrected chi connectivity index (χ2v) is 8.55. The van der Waals surface area contributed by atoms with Crippen LogP contribution in [0.15, 0.2) is 47.4 Å². The summed E-state index contributed by atoms with van der Waals surface area (Å²) >= 11 is 5.77. The minimum atomic E-state index is -3.88. The van der Waals surface area contributed by atoms with Crippen LogP contribution < -0.4 is 5.32 Å². The highest BCUT2D eigenvalue weighted by Gasteiger charge is 2.23. The second kappa shape index (κ2) is 8.23.